The van der Waals surface area contributed by atoms with Gasteiger partial charge in [-0.25, -0.2) is 54.4 Å². The van der Waals surface area contributed by atoms with Crippen LogP contribution in [0.4, 0.5) is 0 Å². The average molecular weight is 1970 g/mol. The van der Waals surface area contributed by atoms with Crippen molar-refractivity contribution in [3.63, 3.8) is 0 Å². The van der Waals surface area contributed by atoms with E-state index in [2.05, 4.69) is 93.0 Å². The van der Waals surface area contributed by atoms with Crippen molar-refractivity contribution in [3.8, 4) is 171 Å². The van der Waals surface area contributed by atoms with Crippen LogP contribution in [0.15, 0.2) is 291 Å². The topological polar surface area (TPSA) is 367 Å². The molecule has 0 aliphatic carbocycles. The number of benzene rings is 13. The van der Waals surface area contributed by atoms with Crippen molar-refractivity contribution >= 4 is 23.0 Å². The number of ether oxygens (including phenoxy) is 7. The van der Waals surface area contributed by atoms with E-state index in [4.69, 9.17) is 78.0 Å². The molecule has 4 atom stereocenters. The molecule has 27 nitrogen and oxygen atoms in total. The number of hydrogen-bond acceptors (Lipinski definition) is 26. The summed E-state index contributed by atoms with van der Waals surface area (Å²) in [7, 11) is 2.81. The van der Waals surface area contributed by atoms with E-state index in [-0.39, 0.29) is 56.0 Å². The van der Waals surface area contributed by atoms with Crippen molar-refractivity contribution < 1.29 is 73.4 Å². The van der Waals surface area contributed by atoms with E-state index < -0.39 is 30.3 Å². The molecule has 0 saturated heterocycles. The molecule has 27 heteroatoms. The van der Waals surface area contributed by atoms with Gasteiger partial charge in [-0.15, -0.1) is 15.0 Å². The maximum atomic E-state index is 11.8. The Morgan fingerprint density at radius 2 is 0.741 bits per heavy atom. The molecule has 0 saturated carbocycles. The van der Waals surface area contributed by atoms with E-state index in [1.54, 1.807) is 68.4 Å². The van der Waals surface area contributed by atoms with Crippen LogP contribution >= 0.6 is 0 Å². The number of aliphatic hydroxyl groups excluding tert-OH is 2. The third kappa shape index (κ3) is 28.5. The lowest BCUT2D eigenvalue weighted by Crippen LogP contribution is -2.25. The first kappa shape index (κ1) is 106. The quantitative estimate of drug-likeness (QED) is 0.0159. The summed E-state index contributed by atoms with van der Waals surface area (Å²) in [5, 5.41) is 72.0. The minimum absolute atomic E-state index is 0.0192. The van der Waals surface area contributed by atoms with Gasteiger partial charge in [-0.2, -0.15) is 0 Å². The molecule has 0 radical (unpaired) electrons. The van der Waals surface area contributed by atoms with E-state index >= 15 is 0 Å². The van der Waals surface area contributed by atoms with Gasteiger partial charge in [-0.05, 0) is 192 Å². The van der Waals surface area contributed by atoms with Gasteiger partial charge >= 0.3 is 11.9 Å². The Kier molecular flexibility index (Phi) is 36.5. The van der Waals surface area contributed by atoms with Crippen LogP contribution < -0.4 is 14.2 Å². The molecule has 147 heavy (non-hydrogen) atoms. The van der Waals surface area contributed by atoms with E-state index in [0.717, 1.165) is 130 Å². The standard InChI is InChI=1S/C37H29N3O4.C36H45N3O4.C29H31N3O4.C18H17N3O3/c1-24(37(42)43-2)44-31-21-22-32(33(41)23-31)36-39-34(29-17-13-27(14-18-29)25-9-5-3-6-10-25)38-35(40-36)30-19-15-28(16-20-30)26-11-7-4-8-12-26;1-7-9-10-27(8-2)20-42-21-28(40)22-43-29-13-16-32(33(41)19-29)36-38-34(30-14-11-23(3)17-25(30)5)37-35(39-36)31-15-12-24(4)18-26(31)6;1-17-6-9-23(19(3)12-17)27-30-28(24-10-7-18(2)13-20(24)4)32-29(31-27)25-11-8-22(14-26(25)34)36-16-21(33)15-35-5;1-12(2)18(23)24-10-9-13-7-8-17(22)16(11-13)21-19-14-5-3-4-6-15(14)20-21/h3-24,41H,1-2H3;11-19,27-28,40-41H,7-10,20-22H2,1-6H3;6-14,21,33-34H,15-16H2,1-5H3;3-8,11,22H,1,9-10H2,2H3. The van der Waals surface area contributed by atoms with Gasteiger partial charge < -0.3 is 63.8 Å². The molecule has 0 aliphatic rings. The van der Waals surface area contributed by atoms with E-state index in [0.29, 0.717) is 117 Å². The maximum absolute atomic E-state index is 11.8. The molecule has 0 amide bonds. The van der Waals surface area contributed by atoms with Gasteiger partial charge in [-0.1, -0.05) is 262 Å². The molecule has 17 rings (SSSR count). The number of fused-ring (bicyclic) bond motifs is 1. The molecule has 0 aliphatic heterocycles. The van der Waals surface area contributed by atoms with Crippen molar-refractivity contribution in [3.05, 3.63) is 341 Å². The smallest absolute Gasteiger partial charge is 0.346 e. The fourth-order valence-corrected chi connectivity index (χ4v) is 16.3. The second-order valence-corrected chi connectivity index (χ2v) is 36.2. The van der Waals surface area contributed by atoms with Gasteiger partial charge in [0.25, 0.3) is 0 Å². The number of aromatic nitrogens is 12. The van der Waals surface area contributed by atoms with Crippen molar-refractivity contribution in [1.29, 1.82) is 0 Å². The number of esters is 2. The lowest BCUT2D eigenvalue weighted by Gasteiger charge is -2.17. The number of carbonyl (C=O) groups excluding carboxylic acids is 2. The minimum atomic E-state index is -0.835. The fourth-order valence-electron chi connectivity index (χ4n) is 16.3. The molecule has 17 aromatic rings. The Morgan fingerprint density at radius 1 is 0.381 bits per heavy atom. The number of nitrogens with zero attached hydrogens (tertiary/aromatic N) is 12. The summed E-state index contributed by atoms with van der Waals surface area (Å²) in [6, 6.07) is 88.3. The molecular weight excluding hydrogens is 1850 g/mol. The number of methoxy groups -OCH3 is 2. The summed E-state index contributed by atoms with van der Waals surface area (Å²) in [5.74, 6) is 4.82. The second-order valence-electron chi connectivity index (χ2n) is 36.2. The van der Waals surface area contributed by atoms with Crippen LogP contribution in [0, 0.1) is 61.3 Å². The predicted molar refractivity (Wildman–Crippen MR) is 573 cm³/mol. The number of aryl methyl sites for hydroxylation is 8. The Labute approximate surface area is 856 Å². The number of phenols is 4. The third-order valence-corrected chi connectivity index (χ3v) is 24.3. The maximum Gasteiger partial charge on any atom is 0.346 e. The van der Waals surface area contributed by atoms with E-state index in [9.17, 15) is 40.2 Å². The molecule has 4 heterocycles. The summed E-state index contributed by atoms with van der Waals surface area (Å²) in [4.78, 5) is 67.7. The highest BCUT2D eigenvalue weighted by Gasteiger charge is 2.25. The summed E-state index contributed by atoms with van der Waals surface area (Å²) in [6.45, 7) is 28.8. The van der Waals surface area contributed by atoms with Crippen LogP contribution in [-0.4, -0.2) is 175 Å². The van der Waals surface area contributed by atoms with Crippen LogP contribution in [0.25, 0.3) is 141 Å². The molecule has 0 bridgehead atoms. The first-order chi connectivity index (χ1) is 70.9. The molecule has 0 spiro atoms. The molecule has 0 fully saturated rings. The van der Waals surface area contributed by atoms with Gasteiger partial charge in [-0.3, -0.25) is 0 Å². The van der Waals surface area contributed by atoms with Crippen LogP contribution in [0.3, 0.4) is 0 Å². The SMILES string of the molecule is C=C(C)C(=O)OCCc1ccc(O)c(-n2nc3ccccc3n2)c1.CCCCC(CC)COCC(O)COc1ccc(-c2nc(-c3ccc(C)cc3C)nc(-c3ccc(C)cc3C)n2)c(O)c1.COC(=O)C(C)Oc1ccc(-c2nc(-c3ccc(-c4ccccc4)cc3)nc(-c3ccc(-c4ccccc4)cc3)n2)c(O)c1.COCC(O)COc1ccc(-c2nc(-c3ccc(C)cc3C)nc(-c3ccc(C)cc3C)n2)c(O)c1. The highest BCUT2D eigenvalue weighted by molar-refractivity contribution is 5.87. The zero-order chi connectivity index (χ0) is 104. The lowest BCUT2D eigenvalue weighted by molar-refractivity contribution is -0.148. The first-order valence-electron chi connectivity index (χ1n) is 48.8. The summed E-state index contributed by atoms with van der Waals surface area (Å²) in [6.07, 6.45) is 2.73. The molecule has 13 aromatic carbocycles. The summed E-state index contributed by atoms with van der Waals surface area (Å²) in [5.41, 5.74) is 23.1. The number of carbonyl (C=O) groups is 2. The van der Waals surface area contributed by atoms with Crippen molar-refractivity contribution in [1.82, 2.24) is 59.8 Å². The van der Waals surface area contributed by atoms with Gasteiger partial charge in [0.05, 0.1) is 43.6 Å². The number of aliphatic hydroxyl groups is 2. The Morgan fingerprint density at radius 3 is 1.12 bits per heavy atom. The van der Waals surface area contributed by atoms with Gasteiger partial charge in [0.2, 0.25) is 0 Å². The van der Waals surface area contributed by atoms with Crippen molar-refractivity contribution in [2.45, 2.75) is 134 Å². The fraction of sp³-hybridized carbons (Fsp3) is 0.242. The Balaban J connectivity index is 0.000000158. The Bertz CT molecular complexity index is 7160. The summed E-state index contributed by atoms with van der Waals surface area (Å²) >= 11 is 0. The summed E-state index contributed by atoms with van der Waals surface area (Å²) < 4.78 is 37.5. The number of aromatic hydroxyl groups is 4. The van der Waals surface area contributed by atoms with E-state index in [1.165, 1.54) is 50.1 Å². The monoisotopic (exact) mass is 1970 g/mol. The number of phenolic OH excluding ortho intramolecular Hbond substituents is 4. The normalized spacial score (nSPS) is 11.8. The number of unbranched alkanes of at least 4 members (excludes halogenated alkanes) is 1. The van der Waals surface area contributed by atoms with Crippen molar-refractivity contribution in [2.24, 2.45) is 5.92 Å². The molecular formula is C120H122N12O15. The van der Waals surface area contributed by atoms with Crippen LogP contribution in [0.2, 0.25) is 0 Å². The zero-order valence-electron chi connectivity index (χ0n) is 85.1. The van der Waals surface area contributed by atoms with E-state index in [1.807, 2.05) is 199 Å². The minimum Gasteiger partial charge on any atom is -0.507 e. The largest absolute Gasteiger partial charge is 0.507 e. The zero-order valence-corrected chi connectivity index (χ0v) is 85.1. The first-order valence-corrected chi connectivity index (χ1v) is 48.8. The van der Waals surface area contributed by atoms with Crippen LogP contribution in [0.1, 0.15) is 103 Å². The van der Waals surface area contributed by atoms with Gasteiger partial charge in [0.15, 0.2) is 58.5 Å². The van der Waals surface area contributed by atoms with Gasteiger partial charge in [0.1, 0.15) is 82.4 Å². The predicted octanol–water partition coefficient (Wildman–Crippen LogP) is 23.6. The van der Waals surface area contributed by atoms with Crippen LogP contribution in [0.5, 0.6) is 40.2 Å². The Hall–Kier alpha value is -16.6. The lowest BCUT2D eigenvalue weighted by atomic mass is 10.0. The van der Waals surface area contributed by atoms with Crippen LogP contribution in [-0.2, 0) is 35.0 Å². The van der Waals surface area contributed by atoms with Gasteiger partial charge in [0, 0.05) is 77.3 Å². The average Bonchev–Trinajstić information content (AvgIpc) is 1.57. The molecule has 6 N–H and O–H groups in total. The number of rotatable bonds is 35. The number of hydrogen-bond donors (Lipinski definition) is 6. The molecule has 752 valence electrons. The highest BCUT2D eigenvalue weighted by Crippen LogP contribution is 2.40. The molecule has 4 unspecified atom stereocenters. The van der Waals surface area contributed by atoms with Crippen molar-refractivity contribution in [2.75, 3.05) is 53.9 Å². The second kappa shape index (κ2) is 50.6. The highest BCUT2D eigenvalue weighted by atomic mass is 16.6. The molecule has 4 aromatic heterocycles. The third-order valence-electron chi connectivity index (χ3n) is 24.3.